The number of ether oxygens (including phenoxy) is 1. The first kappa shape index (κ1) is 12.1. The molecule has 0 aliphatic carbocycles. The quantitative estimate of drug-likeness (QED) is 0.744. The number of hydrogen-bond donors (Lipinski definition) is 0. The largest absolute Gasteiger partial charge is 0.367 e. The summed E-state index contributed by atoms with van der Waals surface area (Å²) in [6.07, 6.45) is 0.828. The van der Waals surface area contributed by atoms with Gasteiger partial charge >= 0.3 is 0 Å². The van der Waals surface area contributed by atoms with Crippen molar-refractivity contribution in [3.8, 4) is 0 Å². The molecule has 92 valence electrons. The molecule has 0 bridgehead atoms. The maximum Gasteiger partial charge on any atom is 0.162 e. The normalized spacial score (nSPS) is 10.9. The van der Waals surface area contributed by atoms with Crippen molar-refractivity contribution in [2.24, 2.45) is 0 Å². The smallest absolute Gasteiger partial charge is 0.162 e. The summed E-state index contributed by atoms with van der Waals surface area (Å²) in [6, 6.07) is 3.65. The summed E-state index contributed by atoms with van der Waals surface area (Å²) in [5, 5.41) is 7.63. The van der Waals surface area contributed by atoms with Gasteiger partial charge in [0.2, 0.25) is 0 Å². The fraction of sp³-hybridized carbons (Fsp3) is 0.455. The lowest BCUT2D eigenvalue weighted by molar-refractivity contribution is 0.0842. The molecule has 2 aromatic heterocycles. The number of hydrogen-bond acceptors (Lipinski definition) is 5. The zero-order chi connectivity index (χ0) is 12.1. The summed E-state index contributed by atoms with van der Waals surface area (Å²) in [5.41, 5.74) is 1.49. The zero-order valence-corrected chi connectivity index (χ0v) is 10.2. The van der Waals surface area contributed by atoms with E-state index in [2.05, 4.69) is 10.3 Å². The van der Waals surface area contributed by atoms with E-state index in [1.807, 2.05) is 13.0 Å². The average molecular weight is 257 g/mol. The summed E-state index contributed by atoms with van der Waals surface area (Å²) >= 11 is 5.60. The van der Waals surface area contributed by atoms with Gasteiger partial charge in [0.25, 0.3) is 0 Å². The molecule has 0 saturated carbocycles. The highest BCUT2D eigenvalue weighted by Gasteiger charge is 2.05. The maximum absolute atomic E-state index is 5.60. The lowest BCUT2D eigenvalue weighted by Gasteiger charge is -1.96. The fourth-order valence-electron chi connectivity index (χ4n) is 1.33. The number of aryl methyl sites for hydroxylation is 1. The topological polar surface area (TPSA) is 61.3 Å². The lowest BCUT2D eigenvalue weighted by Crippen LogP contribution is -1.92. The van der Waals surface area contributed by atoms with Crippen LogP contribution in [0.25, 0.3) is 0 Å². The second-order valence-corrected chi connectivity index (χ2v) is 3.82. The molecule has 0 atom stereocenters. The van der Waals surface area contributed by atoms with E-state index < -0.39 is 0 Å². The molecule has 5 nitrogen and oxygen atoms in total. The summed E-state index contributed by atoms with van der Waals surface area (Å²) in [5.74, 6) is 1.85. The van der Waals surface area contributed by atoms with E-state index in [0.29, 0.717) is 30.5 Å². The molecule has 6 heteroatoms. The second kappa shape index (κ2) is 5.84. The van der Waals surface area contributed by atoms with Crippen LogP contribution in [0.3, 0.4) is 0 Å². The van der Waals surface area contributed by atoms with E-state index in [9.17, 15) is 0 Å². The van der Waals surface area contributed by atoms with Crippen LogP contribution in [0.5, 0.6) is 0 Å². The van der Waals surface area contributed by atoms with Crippen molar-refractivity contribution in [1.82, 2.24) is 10.3 Å². The molecule has 2 heterocycles. The van der Waals surface area contributed by atoms with Crippen LogP contribution in [0.2, 0.25) is 0 Å². The van der Waals surface area contributed by atoms with E-state index in [0.717, 1.165) is 17.9 Å². The van der Waals surface area contributed by atoms with Gasteiger partial charge < -0.3 is 13.8 Å². The van der Waals surface area contributed by atoms with E-state index in [-0.39, 0.29) is 0 Å². The molecule has 0 fully saturated rings. The van der Waals surface area contributed by atoms with Crippen LogP contribution in [-0.4, -0.2) is 10.3 Å². The van der Waals surface area contributed by atoms with Crippen molar-refractivity contribution >= 4 is 11.6 Å². The Kier molecular flexibility index (Phi) is 4.17. The first-order valence-corrected chi connectivity index (χ1v) is 5.88. The molecular formula is C11H13ClN2O3. The standard InChI is InChI=1S/C11H13ClN2O3/c1-2-10-4-9(14-16-10)6-15-7-11-3-8(5-12)13-17-11/h3-4H,2,5-7H2,1H3. The van der Waals surface area contributed by atoms with Crippen LogP contribution in [0, 0.1) is 0 Å². The summed E-state index contributed by atoms with van der Waals surface area (Å²) in [6.45, 7) is 2.74. The van der Waals surface area contributed by atoms with Crippen molar-refractivity contribution < 1.29 is 13.8 Å². The van der Waals surface area contributed by atoms with Crippen LogP contribution in [-0.2, 0) is 30.3 Å². The van der Waals surface area contributed by atoms with Gasteiger partial charge in [0.05, 0.1) is 18.2 Å². The van der Waals surface area contributed by atoms with Gasteiger partial charge in [-0.1, -0.05) is 17.2 Å². The van der Waals surface area contributed by atoms with Crippen LogP contribution < -0.4 is 0 Å². The molecule has 0 spiro atoms. The maximum atomic E-state index is 5.60. The molecule has 0 N–H and O–H groups in total. The minimum Gasteiger partial charge on any atom is -0.367 e. The van der Waals surface area contributed by atoms with Crippen molar-refractivity contribution in [1.29, 1.82) is 0 Å². The highest BCUT2D eigenvalue weighted by atomic mass is 35.5. The SMILES string of the molecule is CCc1cc(COCc2cc(CCl)no2)no1. The third-order valence-corrected chi connectivity index (χ3v) is 2.47. The van der Waals surface area contributed by atoms with Crippen LogP contribution >= 0.6 is 11.6 Å². The Morgan fingerprint density at radius 2 is 1.82 bits per heavy atom. The molecule has 0 aliphatic heterocycles. The minimum atomic E-state index is 0.340. The third-order valence-electron chi connectivity index (χ3n) is 2.20. The van der Waals surface area contributed by atoms with Crippen LogP contribution in [0.4, 0.5) is 0 Å². The number of halogens is 1. The monoisotopic (exact) mass is 256 g/mol. The van der Waals surface area contributed by atoms with Gasteiger partial charge in [-0.05, 0) is 0 Å². The van der Waals surface area contributed by atoms with Crippen molar-refractivity contribution in [3.05, 3.63) is 35.0 Å². The van der Waals surface area contributed by atoms with Gasteiger partial charge in [-0.3, -0.25) is 0 Å². The number of alkyl halides is 1. The Morgan fingerprint density at radius 1 is 1.12 bits per heavy atom. The van der Waals surface area contributed by atoms with E-state index in [1.165, 1.54) is 0 Å². The summed E-state index contributed by atoms with van der Waals surface area (Å²) < 4.78 is 15.5. The molecule has 0 amide bonds. The van der Waals surface area contributed by atoms with Crippen molar-refractivity contribution in [2.45, 2.75) is 32.4 Å². The summed E-state index contributed by atoms with van der Waals surface area (Å²) in [4.78, 5) is 0. The third kappa shape index (κ3) is 3.31. The Balaban J connectivity index is 1.79. The van der Waals surface area contributed by atoms with Crippen molar-refractivity contribution in [3.63, 3.8) is 0 Å². The Morgan fingerprint density at radius 3 is 2.47 bits per heavy atom. The Labute approximate surface area is 104 Å². The zero-order valence-electron chi connectivity index (χ0n) is 9.48. The van der Waals surface area contributed by atoms with Gasteiger partial charge in [0.1, 0.15) is 18.1 Å². The molecule has 0 radical (unpaired) electrons. The Bertz CT molecular complexity index is 424. The number of nitrogens with zero attached hydrogens (tertiary/aromatic N) is 2. The first-order valence-electron chi connectivity index (χ1n) is 5.34. The van der Waals surface area contributed by atoms with E-state index in [4.69, 9.17) is 25.4 Å². The van der Waals surface area contributed by atoms with Gasteiger partial charge in [-0.15, -0.1) is 11.6 Å². The molecule has 2 rings (SSSR count). The number of aromatic nitrogens is 2. The molecule has 2 aromatic rings. The van der Waals surface area contributed by atoms with E-state index >= 15 is 0 Å². The average Bonchev–Trinajstić information content (AvgIpc) is 2.97. The first-order chi connectivity index (χ1) is 8.31. The fourth-order valence-corrected chi connectivity index (χ4v) is 1.46. The second-order valence-electron chi connectivity index (χ2n) is 3.55. The molecule has 0 aromatic carbocycles. The molecule has 0 saturated heterocycles. The molecule has 17 heavy (non-hydrogen) atoms. The van der Waals surface area contributed by atoms with Crippen LogP contribution in [0.15, 0.2) is 21.2 Å². The minimum absolute atomic E-state index is 0.340. The van der Waals surface area contributed by atoms with E-state index in [1.54, 1.807) is 6.07 Å². The van der Waals surface area contributed by atoms with Crippen molar-refractivity contribution in [2.75, 3.05) is 0 Å². The predicted octanol–water partition coefficient (Wildman–Crippen LogP) is 2.68. The Hall–Kier alpha value is -1.33. The molecule has 0 unspecified atom stereocenters. The van der Waals surface area contributed by atoms with Gasteiger partial charge in [-0.25, -0.2) is 0 Å². The number of rotatable bonds is 6. The van der Waals surface area contributed by atoms with Gasteiger partial charge in [0, 0.05) is 18.6 Å². The van der Waals surface area contributed by atoms with Gasteiger partial charge in [-0.2, -0.15) is 0 Å². The summed E-state index contributed by atoms with van der Waals surface area (Å²) in [7, 11) is 0. The van der Waals surface area contributed by atoms with Gasteiger partial charge in [0.15, 0.2) is 5.76 Å². The highest BCUT2D eigenvalue weighted by Crippen LogP contribution is 2.10. The van der Waals surface area contributed by atoms with Crippen LogP contribution in [0.1, 0.15) is 29.8 Å². The lowest BCUT2D eigenvalue weighted by atomic mass is 10.3. The predicted molar refractivity (Wildman–Crippen MR) is 60.4 cm³/mol. The molecule has 0 aliphatic rings. The molecular weight excluding hydrogens is 244 g/mol. The highest BCUT2D eigenvalue weighted by molar-refractivity contribution is 6.16.